The van der Waals surface area contributed by atoms with Gasteiger partial charge in [-0.1, -0.05) is 45.6 Å². The first-order valence-electron chi connectivity index (χ1n) is 6.01. The molecule has 0 aliphatic rings. The molecule has 0 atom stereocenters. The molecule has 0 rings (SSSR count). The second-order valence-electron chi connectivity index (χ2n) is 4.18. The molecular formula is C12H23NaO4S. The van der Waals surface area contributed by atoms with E-state index >= 15 is 0 Å². The zero-order valence-corrected chi connectivity index (χ0v) is 11.5. The van der Waals surface area contributed by atoms with E-state index in [4.69, 9.17) is 0 Å². The quantitative estimate of drug-likeness (QED) is 0.282. The SMILES string of the molecule is C=C(C)C(=O)OS(=O)(=O)CCCCCCCC.[NaH]. The third-order valence-electron chi connectivity index (χ3n) is 2.30. The molecule has 0 aromatic rings. The molecule has 0 saturated heterocycles. The minimum atomic E-state index is -3.73. The summed E-state index contributed by atoms with van der Waals surface area (Å²) in [5.74, 6) is -0.964. The third kappa shape index (κ3) is 11.3. The van der Waals surface area contributed by atoms with Crippen molar-refractivity contribution in [1.82, 2.24) is 0 Å². The molecule has 0 unspecified atom stereocenters. The van der Waals surface area contributed by atoms with Gasteiger partial charge < -0.3 is 4.18 Å². The number of carbonyl (C=O) groups is 1. The van der Waals surface area contributed by atoms with Crippen molar-refractivity contribution in [3.63, 3.8) is 0 Å². The van der Waals surface area contributed by atoms with Crippen molar-refractivity contribution in [2.45, 2.75) is 52.4 Å². The molecule has 102 valence electrons. The van der Waals surface area contributed by atoms with Crippen molar-refractivity contribution in [2.75, 3.05) is 5.75 Å². The van der Waals surface area contributed by atoms with Gasteiger partial charge in [0, 0.05) is 5.57 Å². The van der Waals surface area contributed by atoms with Gasteiger partial charge in [-0.25, -0.2) is 4.79 Å². The molecule has 4 nitrogen and oxygen atoms in total. The first-order chi connectivity index (χ1) is 7.89. The van der Waals surface area contributed by atoms with E-state index in [1.165, 1.54) is 13.3 Å². The predicted octanol–water partition coefficient (Wildman–Crippen LogP) is 2.15. The molecule has 0 N–H and O–H groups in total. The molecule has 0 aromatic carbocycles. The van der Waals surface area contributed by atoms with Crippen LogP contribution in [-0.2, 0) is 19.1 Å². The Hall–Kier alpha value is 0.160. The predicted molar refractivity (Wildman–Crippen MR) is 75.2 cm³/mol. The fraction of sp³-hybridized carbons (Fsp3) is 0.750. The molecule has 0 aromatic heterocycles. The molecule has 0 fully saturated rings. The number of rotatable bonds is 9. The van der Waals surface area contributed by atoms with Crippen molar-refractivity contribution >= 4 is 45.6 Å². The number of carbonyl (C=O) groups excluding carboxylic acids is 1. The number of unbranched alkanes of at least 4 members (excludes halogenated alkanes) is 5. The molecule has 0 spiro atoms. The van der Waals surface area contributed by atoms with E-state index in [-0.39, 0.29) is 40.9 Å². The Kier molecular flexibility index (Phi) is 12.5. The van der Waals surface area contributed by atoms with Crippen molar-refractivity contribution in [3.8, 4) is 0 Å². The summed E-state index contributed by atoms with van der Waals surface area (Å²) in [7, 11) is -3.73. The van der Waals surface area contributed by atoms with Crippen LogP contribution < -0.4 is 0 Å². The summed E-state index contributed by atoms with van der Waals surface area (Å²) in [5, 5.41) is 0. The van der Waals surface area contributed by atoms with Crippen molar-refractivity contribution in [2.24, 2.45) is 0 Å². The van der Waals surface area contributed by atoms with Crippen LogP contribution in [0.4, 0.5) is 0 Å². The van der Waals surface area contributed by atoms with Crippen LogP contribution in [0.2, 0.25) is 0 Å². The van der Waals surface area contributed by atoms with Crippen LogP contribution in [-0.4, -0.2) is 49.7 Å². The Morgan fingerprint density at radius 1 is 1.11 bits per heavy atom. The van der Waals surface area contributed by atoms with Gasteiger partial charge in [-0.15, -0.1) is 0 Å². The summed E-state index contributed by atoms with van der Waals surface area (Å²) in [4.78, 5) is 11.0. The van der Waals surface area contributed by atoms with Crippen molar-refractivity contribution in [3.05, 3.63) is 12.2 Å². The first-order valence-corrected chi connectivity index (χ1v) is 7.58. The Morgan fingerprint density at radius 3 is 2.11 bits per heavy atom. The first kappa shape index (κ1) is 20.5. The fourth-order valence-corrected chi connectivity index (χ4v) is 2.30. The molecule has 0 aliphatic carbocycles. The summed E-state index contributed by atoms with van der Waals surface area (Å²) in [6.07, 6.45) is 5.88. The normalized spacial score (nSPS) is 10.6. The van der Waals surface area contributed by atoms with Gasteiger partial charge in [0.25, 0.3) is 0 Å². The van der Waals surface area contributed by atoms with Crippen LogP contribution in [0.25, 0.3) is 0 Å². The second kappa shape index (κ2) is 11.0. The molecular weight excluding hydrogens is 263 g/mol. The Morgan fingerprint density at radius 2 is 1.61 bits per heavy atom. The van der Waals surface area contributed by atoms with Crippen molar-refractivity contribution < 1.29 is 17.4 Å². The molecule has 6 heteroatoms. The molecule has 0 radical (unpaired) electrons. The Labute approximate surface area is 133 Å². The third-order valence-corrected chi connectivity index (χ3v) is 3.49. The van der Waals surface area contributed by atoms with Gasteiger partial charge >= 0.3 is 45.6 Å². The van der Waals surface area contributed by atoms with Crippen LogP contribution in [0, 0.1) is 0 Å². The zero-order valence-electron chi connectivity index (χ0n) is 10.7. The monoisotopic (exact) mass is 286 g/mol. The summed E-state index contributed by atoms with van der Waals surface area (Å²) >= 11 is 0. The Balaban J connectivity index is 0. The van der Waals surface area contributed by atoms with Crippen LogP contribution in [0.1, 0.15) is 52.4 Å². The van der Waals surface area contributed by atoms with E-state index in [2.05, 4.69) is 17.7 Å². The summed E-state index contributed by atoms with van der Waals surface area (Å²) in [6, 6.07) is 0. The van der Waals surface area contributed by atoms with Crippen LogP contribution in [0.15, 0.2) is 12.2 Å². The van der Waals surface area contributed by atoms with Gasteiger partial charge in [0.05, 0.1) is 5.75 Å². The molecule has 0 amide bonds. The van der Waals surface area contributed by atoms with Gasteiger partial charge in [-0.05, 0) is 13.3 Å². The molecule has 0 aliphatic heterocycles. The topological polar surface area (TPSA) is 60.4 Å². The standard InChI is InChI=1S/C12H22O4S.Na.H/c1-4-5-6-7-8-9-10-17(14,15)16-12(13)11(2)3;;/h2,4-10H2,1,3H3;;. The molecule has 18 heavy (non-hydrogen) atoms. The summed E-state index contributed by atoms with van der Waals surface area (Å²) in [6.45, 7) is 6.88. The van der Waals surface area contributed by atoms with E-state index in [0.29, 0.717) is 6.42 Å². The van der Waals surface area contributed by atoms with Gasteiger partial charge in [-0.2, -0.15) is 8.42 Å². The number of hydrogen-bond acceptors (Lipinski definition) is 4. The van der Waals surface area contributed by atoms with Gasteiger partial charge in [-0.3, -0.25) is 0 Å². The average molecular weight is 286 g/mol. The average Bonchev–Trinajstić information content (AvgIpc) is 2.22. The summed E-state index contributed by atoms with van der Waals surface area (Å²) < 4.78 is 27.1. The summed E-state index contributed by atoms with van der Waals surface area (Å²) in [5.41, 5.74) is 0.0940. The van der Waals surface area contributed by atoms with Gasteiger partial charge in [0.2, 0.25) is 0 Å². The molecule has 0 heterocycles. The minimum absolute atomic E-state index is 0. The maximum absolute atomic E-state index is 11.4. The van der Waals surface area contributed by atoms with Crippen LogP contribution in [0.5, 0.6) is 0 Å². The Bertz CT molecular complexity index is 349. The molecule has 0 bridgehead atoms. The molecule has 0 saturated carbocycles. The van der Waals surface area contributed by atoms with Crippen LogP contribution in [0.3, 0.4) is 0 Å². The van der Waals surface area contributed by atoms with Crippen LogP contribution >= 0.6 is 0 Å². The van der Waals surface area contributed by atoms with Gasteiger partial charge in [0.15, 0.2) is 0 Å². The van der Waals surface area contributed by atoms with E-state index < -0.39 is 16.1 Å². The van der Waals surface area contributed by atoms with E-state index in [1.807, 2.05) is 0 Å². The van der Waals surface area contributed by atoms with Gasteiger partial charge in [0.1, 0.15) is 0 Å². The van der Waals surface area contributed by atoms with E-state index in [1.54, 1.807) is 0 Å². The van der Waals surface area contributed by atoms with E-state index in [0.717, 1.165) is 25.7 Å². The fourth-order valence-electron chi connectivity index (χ4n) is 1.29. The van der Waals surface area contributed by atoms with E-state index in [9.17, 15) is 13.2 Å². The van der Waals surface area contributed by atoms with Crippen molar-refractivity contribution in [1.29, 1.82) is 0 Å². The maximum atomic E-state index is 11.4. The zero-order chi connectivity index (χ0) is 13.3. The number of hydrogen-bond donors (Lipinski definition) is 0. The second-order valence-corrected chi connectivity index (χ2v) is 5.87.